The van der Waals surface area contributed by atoms with E-state index in [0.717, 1.165) is 17.8 Å². The van der Waals surface area contributed by atoms with Crippen molar-refractivity contribution in [2.24, 2.45) is 23.2 Å². The van der Waals surface area contributed by atoms with Gasteiger partial charge in [-0.2, -0.15) is 0 Å². The molecule has 0 aromatic carbocycles. The van der Waals surface area contributed by atoms with E-state index in [1.807, 2.05) is 6.92 Å². The molecule has 0 heterocycles. The first-order valence-electron chi connectivity index (χ1n) is 8.12. The van der Waals surface area contributed by atoms with Crippen molar-refractivity contribution in [3.8, 4) is 0 Å². The molecule has 0 aromatic heterocycles. The maximum atomic E-state index is 12.1. The normalized spacial score (nSPS) is 37.8. The lowest BCUT2D eigenvalue weighted by atomic mass is 9.49. The van der Waals surface area contributed by atoms with Crippen LogP contribution >= 0.6 is 0 Å². The minimum Gasteiger partial charge on any atom is -0.355 e. The van der Waals surface area contributed by atoms with Crippen molar-refractivity contribution < 1.29 is 9.59 Å². The number of carbonyl (C=O) groups excluding carboxylic acids is 2. The number of amides is 2. The molecule has 2 N–H and O–H groups in total. The summed E-state index contributed by atoms with van der Waals surface area (Å²) < 4.78 is 0. The van der Waals surface area contributed by atoms with E-state index in [-0.39, 0.29) is 23.8 Å². The molecule has 0 radical (unpaired) electrons. The molecular weight excluding hydrogens is 252 g/mol. The Morgan fingerprint density at radius 3 is 2.00 bits per heavy atom. The van der Waals surface area contributed by atoms with Gasteiger partial charge in [-0.1, -0.05) is 0 Å². The molecule has 4 aliphatic carbocycles. The van der Waals surface area contributed by atoms with Crippen LogP contribution in [-0.2, 0) is 9.59 Å². The summed E-state index contributed by atoms with van der Waals surface area (Å²) in [6.45, 7) is 2.62. The van der Waals surface area contributed by atoms with Crippen LogP contribution in [0.25, 0.3) is 0 Å². The number of nitrogens with one attached hydrogen (secondary N) is 2. The van der Waals surface area contributed by atoms with Gasteiger partial charge in [0.25, 0.3) is 0 Å². The third kappa shape index (κ3) is 2.84. The minimum atomic E-state index is -0.0913. The molecule has 4 heteroatoms. The summed E-state index contributed by atoms with van der Waals surface area (Å²) in [7, 11) is 0. The molecule has 4 rings (SSSR count). The fourth-order valence-electron chi connectivity index (χ4n) is 5.35. The topological polar surface area (TPSA) is 58.2 Å². The maximum Gasteiger partial charge on any atom is 0.239 e. The first-order valence-corrected chi connectivity index (χ1v) is 8.12. The van der Waals surface area contributed by atoms with Crippen LogP contribution in [0.3, 0.4) is 0 Å². The predicted octanol–water partition coefficient (Wildman–Crippen LogP) is 1.85. The minimum absolute atomic E-state index is 0.0678. The van der Waals surface area contributed by atoms with E-state index < -0.39 is 0 Å². The lowest BCUT2D eigenvalue weighted by Crippen LogP contribution is -2.48. The van der Waals surface area contributed by atoms with Gasteiger partial charge in [-0.15, -0.1) is 0 Å². The maximum absolute atomic E-state index is 12.1. The summed E-state index contributed by atoms with van der Waals surface area (Å²) in [5, 5.41) is 5.50. The standard InChI is InChI=1S/C16H26N2O2/c1-2-17-15(20)10-18-14(19)9-16-6-11-3-12(7-16)5-13(4-11)8-16/h11-13H,2-10H2,1H3,(H,17,20)(H,18,19). The highest BCUT2D eigenvalue weighted by Gasteiger charge is 2.51. The summed E-state index contributed by atoms with van der Waals surface area (Å²) in [4.78, 5) is 23.5. The molecule has 4 saturated carbocycles. The fourth-order valence-corrected chi connectivity index (χ4v) is 5.35. The van der Waals surface area contributed by atoms with Gasteiger partial charge in [0.15, 0.2) is 0 Å². The second-order valence-electron chi connectivity index (χ2n) is 7.32. The summed E-state index contributed by atoms with van der Waals surface area (Å²) in [6.07, 6.45) is 8.57. The summed E-state index contributed by atoms with van der Waals surface area (Å²) in [6, 6.07) is 0. The fraction of sp³-hybridized carbons (Fsp3) is 0.875. The molecule has 0 spiro atoms. The van der Waals surface area contributed by atoms with Crippen LogP contribution in [-0.4, -0.2) is 24.9 Å². The third-order valence-electron chi connectivity index (χ3n) is 5.52. The van der Waals surface area contributed by atoms with Crippen molar-refractivity contribution >= 4 is 11.8 Å². The van der Waals surface area contributed by atoms with Gasteiger partial charge in [0.05, 0.1) is 6.54 Å². The molecule has 0 aromatic rings. The van der Waals surface area contributed by atoms with Crippen molar-refractivity contribution in [3.63, 3.8) is 0 Å². The lowest BCUT2D eigenvalue weighted by Gasteiger charge is -2.56. The SMILES string of the molecule is CCNC(=O)CNC(=O)CC12CC3CC(CC(C3)C1)C2. The molecule has 4 aliphatic rings. The quantitative estimate of drug-likeness (QED) is 0.806. The zero-order valence-corrected chi connectivity index (χ0v) is 12.4. The molecular formula is C16H26N2O2. The molecule has 0 unspecified atom stereocenters. The van der Waals surface area contributed by atoms with Crippen LogP contribution in [0.4, 0.5) is 0 Å². The monoisotopic (exact) mass is 278 g/mol. The third-order valence-corrected chi connectivity index (χ3v) is 5.52. The Labute approximate surface area is 121 Å². The van der Waals surface area contributed by atoms with E-state index in [9.17, 15) is 9.59 Å². The van der Waals surface area contributed by atoms with Crippen LogP contribution in [0, 0.1) is 23.2 Å². The van der Waals surface area contributed by atoms with E-state index in [0.29, 0.717) is 13.0 Å². The molecule has 20 heavy (non-hydrogen) atoms. The number of hydrogen-bond acceptors (Lipinski definition) is 2. The van der Waals surface area contributed by atoms with Crippen LogP contribution in [0.1, 0.15) is 51.9 Å². The summed E-state index contributed by atoms with van der Waals surface area (Å²) in [5.74, 6) is 2.59. The van der Waals surface area contributed by atoms with E-state index in [1.165, 1.54) is 38.5 Å². The average molecular weight is 278 g/mol. The largest absolute Gasteiger partial charge is 0.355 e. The second kappa shape index (κ2) is 5.38. The zero-order valence-electron chi connectivity index (χ0n) is 12.4. The van der Waals surface area contributed by atoms with Gasteiger partial charge in [0.1, 0.15) is 0 Å². The highest BCUT2D eigenvalue weighted by molar-refractivity contribution is 5.84. The van der Waals surface area contributed by atoms with Crippen LogP contribution in [0.2, 0.25) is 0 Å². The van der Waals surface area contributed by atoms with Crippen LogP contribution in [0.5, 0.6) is 0 Å². The van der Waals surface area contributed by atoms with Gasteiger partial charge in [0.2, 0.25) is 11.8 Å². The Balaban J connectivity index is 1.52. The Hall–Kier alpha value is -1.06. The average Bonchev–Trinajstić information content (AvgIpc) is 2.34. The Morgan fingerprint density at radius 1 is 0.950 bits per heavy atom. The highest BCUT2D eigenvalue weighted by atomic mass is 16.2. The first-order chi connectivity index (χ1) is 9.58. The molecule has 4 nitrogen and oxygen atoms in total. The van der Waals surface area contributed by atoms with Gasteiger partial charge in [-0.25, -0.2) is 0 Å². The number of rotatable bonds is 5. The second-order valence-corrected chi connectivity index (χ2v) is 7.32. The van der Waals surface area contributed by atoms with Gasteiger partial charge < -0.3 is 10.6 Å². The van der Waals surface area contributed by atoms with Crippen molar-refractivity contribution in [3.05, 3.63) is 0 Å². The first kappa shape index (κ1) is 13.9. The number of carbonyl (C=O) groups is 2. The van der Waals surface area contributed by atoms with Crippen molar-refractivity contribution in [2.45, 2.75) is 51.9 Å². The van der Waals surface area contributed by atoms with Crippen molar-refractivity contribution in [2.75, 3.05) is 13.1 Å². The van der Waals surface area contributed by atoms with Gasteiger partial charge in [-0.05, 0) is 68.6 Å². The van der Waals surface area contributed by atoms with Gasteiger partial charge >= 0.3 is 0 Å². The molecule has 0 atom stereocenters. The summed E-state index contributed by atoms with van der Waals surface area (Å²) >= 11 is 0. The Kier molecular flexibility index (Phi) is 3.74. The summed E-state index contributed by atoms with van der Waals surface area (Å²) in [5.41, 5.74) is 0.264. The van der Waals surface area contributed by atoms with Crippen LogP contribution < -0.4 is 10.6 Å². The molecule has 0 aliphatic heterocycles. The molecule has 0 saturated heterocycles. The number of likely N-dealkylation sites (N-methyl/N-ethyl adjacent to an activating group) is 1. The van der Waals surface area contributed by atoms with Gasteiger partial charge in [-0.3, -0.25) is 9.59 Å². The van der Waals surface area contributed by atoms with E-state index in [2.05, 4.69) is 10.6 Å². The number of hydrogen-bond donors (Lipinski definition) is 2. The van der Waals surface area contributed by atoms with Crippen molar-refractivity contribution in [1.82, 2.24) is 10.6 Å². The van der Waals surface area contributed by atoms with E-state index >= 15 is 0 Å². The van der Waals surface area contributed by atoms with Crippen molar-refractivity contribution in [1.29, 1.82) is 0 Å². The molecule has 4 bridgehead atoms. The van der Waals surface area contributed by atoms with E-state index in [4.69, 9.17) is 0 Å². The molecule has 2 amide bonds. The Morgan fingerprint density at radius 2 is 1.50 bits per heavy atom. The zero-order chi connectivity index (χ0) is 14.2. The predicted molar refractivity (Wildman–Crippen MR) is 76.9 cm³/mol. The van der Waals surface area contributed by atoms with Crippen LogP contribution in [0.15, 0.2) is 0 Å². The molecule has 112 valence electrons. The Bertz CT molecular complexity index is 370. The lowest BCUT2D eigenvalue weighted by molar-refractivity contribution is -0.131. The molecule has 4 fully saturated rings. The highest BCUT2D eigenvalue weighted by Crippen LogP contribution is 2.61. The van der Waals surface area contributed by atoms with Gasteiger partial charge in [0, 0.05) is 13.0 Å². The smallest absolute Gasteiger partial charge is 0.239 e. The van der Waals surface area contributed by atoms with E-state index in [1.54, 1.807) is 0 Å².